The number of carbonyl (C=O) groups excluding carboxylic acids is 2. The van der Waals surface area contributed by atoms with Gasteiger partial charge in [0.05, 0.1) is 10.0 Å². The number of rotatable bonds is 7. The number of ether oxygens (including phenoxy) is 1. The van der Waals surface area contributed by atoms with Gasteiger partial charge in [0.15, 0.2) is 6.61 Å². The highest BCUT2D eigenvalue weighted by Crippen LogP contribution is 2.24. The molecule has 8 heteroatoms. The highest BCUT2D eigenvalue weighted by molar-refractivity contribution is 6.42. The molecule has 1 N–H and O–H groups in total. The van der Waals surface area contributed by atoms with Crippen molar-refractivity contribution in [1.29, 1.82) is 0 Å². The van der Waals surface area contributed by atoms with Crippen LogP contribution in [0.25, 0.3) is 0 Å². The monoisotopic (exact) mass is 454 g/mol. The van der Waals surface area contributed by atoms with Crippen molar-refractivity contribution in [1.82, 2.24) is 10.2 Å². The van der Waals surface area contributed by atoms with Crippen molar-refractivity contribution in [3.8, 4) is 5.75 Å². The Labute approximate surface area is 186 Å². The third-order valence-electron chi connectivity index (χ3n) is 4.18. The molecule has 1 atom stereocenters. The molecule has 30 heavy (non-hydrogen) atoms. The van der Waals surface area contributed by atoms with Gasteiger partial charge in [-0.3, -0.25) is 9.59 Å². The number of nitrogens with one attached hydrogen (secondary N) is 1. The van der Waals surface area contributed by atoms with Crippen LogP contribution in [0.1, 0.15) is 33.3 Å². The van der Waals surface area contributed by atoms with Gasteiger partial charge in [-0.1, -0.05) is 29.3 Å². The molecule has 2 amide bonds. The van der Waals surface area contributed by atoms with Crippen LogP contribution in [0.3, 0.4) is 0 Å². The van der Waals surface area contributed by atoms with E-state index in [1.807, 2.05) is 20.8 Å². The zero-order valence-corrected chi connectivity index (χ0v) is 18.9. The summed E-state index contributed by atoms with van der Waals surface area (Å²) >= 11 is 12.1. The molecule has 0 heterocycles. The van der Waals surface area contributed by atoms with Crippen LogP contribution in [-0.4, -0.2) is 34.9 Å². The Kier molecular flexibility index (Phi) is 8.10. The minimum atomic E-state index is -0.761. The third-order valence-corrected chi connectivity index (χ3v) is 4.92. The van der Waals surface area contributed by atoms with E-state index in [1.54, 1.807) is 25.1 Å². The maximum Gasteiger partial charge on any atom is 0.261 e. The lowest BCUT2D eigenvalue weighted by Gasteiger charge is -2.31. The highest BCUT2D eigenvalue weighted by Gasteiger charge is 2.28. The van der Waals surface area contributed by atoms with Crippen molar-refractivity contribution in [3.63, 3.8) is 0 Å². The molecule has 0 aliphatic rings. The summed E-state index contributed by atoms with van der Waals surface area (Å²) in [5, 5.41) is 3.63. The standard InChI is InChI=1S/C22H25Cl2FN2O3/c1-14(21(29)26-22(2,3)4)27(12-15-5-10-18(23)19(24)11-15)20(28)13-30-17-8-6-16(25)7-9-17/h5-11,14H,12-13H2,1-4H3,(H,26,29)/t14-/m0/s1. The second-order valence-electron chi connectivity index (χ2n) is 7.93. The van der Waals surface area contributed by atoms with E-state index in [-0.39, 0.29) is 19.1 Å². The van der Waals surface area contributed by atoms with E-state index in [2.05, 4.69) is 5.32 Å². The van der Waals surface area contributed by atoms with E-state index in [9.17, 15) is 14.0 Å². The molecule has 0 saturated carbocycles. The van der Waals surface area contributed by atoms with Crippen LogP contribution >= 0.6 is 23.2 Å². The Hall–Kier alpha value is -2.31. The van der Waals surface area contributed by atoms with Gasteiger partial charge in [-0.15, -0.1) is 0 Å². The molecule has 0 aliphatic carbocycles. The lowest BCUT2D eigenvalue weighted by Crippen LogP contribution is -2.53. The molecule has 2 aromatic rings. The topological polar surface area (TPSA) is 58.6 Å². The van der Waals surface area contributed by atoms with E-state index in [4.69, 9.17) is 27.9 Å². The molecule has 2 rings (SSSR count). The summed E-state index contributed by atoms with van der Waals surface area (Å²) in [5.41, 5.74) is 0.267. The van der Waals surface area contributed by atoms with E-state index in [1.165, 1.54) is 29.2 Å². The molecular weight excluding hydrogens is 430 g/mol. The van der Waals surface area contributed by atoms with Gasteiger partial charge in [-0.25, -0.2) is 4.39 Å². The molecule has 0 aromatic heterocycles. The molecule has 0 radical (unpaired) electrons. The SMILES string of the molecule is C[C@@H](C(=O)NC(C)(C)C)N(Cc1ccc(Cl)c(Cl)c1)C(=O)COc1ccc(F)cc1. The van der Waals surface area contributed by atoms with Gasteiger partial charge in [0.25, 0.3) is 5.91 Å². The van der Waals surface area contributed by atoms with Gasteiger partial charge < -0.3 is 15.0 Å². The summed E-state index contributed by atoms with van der Waals surface area (Å²) in [5.74, 6) is -0.743. The first kappa shape index (κ1) is 24.0. The summed E-state index contributed by atoms with van der Waals surface area (Å²) in [7, 11) is 0. The number of carbonyl (C=O) groups is 2. The number of nitrogens with zero attached hydrogens (tertiary/aromatic N) is 1. The zero-order valence-electron chi connectivity index (χ0n) is 17.3. The quantitative estimate of drug-likeness (QED) is 0.650. The molecule has 2 aromatic carbocycles. The maximum absolute atomic E-state index is 13.1. The van der Waals surface area contributed by atoms with Gasteiger partial charge in [-0.05, 0) is 69.7 Å². The smallest absolute Gasteiger partial charge is 0.261 e. The van der Waals surface area contributed by atoms with Crippen molar-refractivity contribution in [2.45, 2.75) is 45.8 Å². The van der Waals surface area contributed by atoms with E-state index >= 15 is 0 Å². The largest absolute Gasteiger partial charge is 0.484 e. The minimum absolute atomic E-state index is 0.140. The molecule has 0 saturated heterocycles. The molecule has 0 spiro atoms. The van der Waals surface area contributed by atoms with Crippen molar-refractivity contribution < 1.29 is 18.7 Å². The van der Waals surface area contributed by atoms with Crippen LogP contribution in [0, 0.1) is 5.82 Å². The predicted molar refractivity (Wildman–Crippen MR) is 116 cm³/mol. The molecule has 0 aliphatic heterocycles. The number of hydrogen-bond donors (Lipinski definition) is 1. The van der Waals surface area contributed by atoms with Crippen molar-refractivity contribution in [3.05, 3.63) is 63.9 Å². The van der Waals surface area contributed by atoms with Crippen molar-refractivity contribution in [2.24, 2.45) is 0 Å². The summed E-state index contributed by atoms with van der Waals surface area (Å²) < 4.78 is 18.5. The molecule has 5 nitrogen and oxygen atoms in total. The van der Waals surface area contributed by atoms with Crippen LogP contribution in [0.15, 0.2) is 42.5 Å². The fraction of sp³-hybridized carbons (Fsp3) is 0.364. The zero-order chi connectivity index (χ0) is 22.5. The first-order valence-electron chi connectivity index (χ1n) is 9.40. The maximum atomic E-state index is 13.1. The summed E-state index contributed by atoms with van der Waals surface area (Å²) in [4.78, 5) is 27.0. The minimum Gasteiger partial charge on any atom is -0.484 e. The van der Waals surface area contributed by atoms with Crippen molar-refractivity contribution >= 4 is 35.0 Å². The Morgan fingerprint density at radius 2 is 1.73 bits per heavy atom. The summed E-state index contributed by atoms with van der Waals surface area (Å²) in [6, 6.07) is 9.62. The van der Waals surface area contributed by atoms with Crippen LogP contribution in [0.5, 0.6) is 5.75 Å². The van der Waals surface area contributed by atoms with E-state index < -0.39 is 23.3 Å². The van der Waals surface area contributed by atoms with Gasteiger partial charge in [0, 0.05) is 12.1 Å². The Morgan fingerprint density at radius 1 is 1.10 bits per heavy atom. The lowest BCUT2D eigenvalue weighted by molar-refractivity contribution is -0.142. The Morgan fingerprint density at radius 3 is 2.30 bits per heavy atom. The number of hydrogen-bond acceptors (Lipinski definition) is 3. The average molecular weight is 455 g/mol. The average Bonchev–Trinajstić information content (AvgIpc) is 2.66. The normalized spacial score (nSPS) is 12.2. The lowest BCUT2D eigenvalue weighted by atomic mass is 10.1. The predicted octanol–water partition coefficient (Wildman–Crippen LogP) is 4.84. The summed E-state index contributed by atoms with van der Waals surface area (Å²) in [6.45, 7) is 7.07. The van der Waals surface area contributed by atoms with E-state index in [0.29, 0.717) is 15.8 Å². The van der Waals surface area contributed by atoms with Crippen molar-refractivity contribution in [2.75, 3.05) is 6.61 Å². The van der Waals surface area contributed by atoms with Gasteiger partial charge in [-0.2, -0.15) is 0 Å². The van der Waals surface area contributed by atoms with Gasteiger partial charge in [0.2, 0.25) is 5.91 Å². The highest BCUT2D eigenvalue weighted by atomic mass is 35.5. The second-order valence-corrected chi connectivity index (χ2v) is 8.74. The van der Waals surface area contributed by atoms with E-state index in [0.717, 1.165) is 5.56 Å². The van der Waals surface area contributed by atoms with Crippen LogP contribution in [-0.2, 0) is 16.1 Å². The number of benzene rings is 2. The Bertz CT molecular complexity index is 898. The third kappa shape index (κ3) is 7.18. The van der Waals surface area contributed by atoms with Crippen LogP contribution in [0.4, 0.5) is 4.39 Å². The first-order chi connectivity index (χ1) is 14.0. The number of amides is 2. The fourth-order valence-electron chi connectivity index (χ4n) is 2.65. The van der Waals surface area contributed by atoms with Crippen LogP contribution in [0.2, 0.25) is 10.0 Å². The first-order valence-corrected chi connectivity index (χ1v) is 10.2. The fourth-order valence-corrected chi connectivity index (χ4v) is 2.97. The Balaban J connectivity index is 2.19. The molecule has 0 fully saturated rings. The van der Waals surface area contributed by atoms with Crippen LogP contribution < -0.4 is 10.1 Å². The molecule has 0 bridgehead atoms. The molecule has 0 unspecified atom stereocenters. The second kappa shape index (κ2) is 10.1. The number of halogens is 3. The molecular formula is C22H25Cl2FN2O3. The van der Waals surface area contributed by atoms with Gasteiger partial charge >= 0.3 is 0 Å². The molecule has 162 valence electrons. The van der Waals surface area contributed by atoms with Gasteiger partial charge in [0.1, 0.15) is 17.6 Å². The summed E-state index contributed by atoms with van der Waals surface area (Å²) in [6.07, 6.45) is 0.